The number of rotatable bonds is 9. The van der Waals surface area contributed by atoms with Crippen LogP contribution in [0.1, 0.15) is 40.5 Å². The Morgan fingerprint density at radius 2 is 1.94 bits per heavy atom. The van der Waals surface area contributed by atoms with Gasteiger partial charge in [-0.05, 0) is 31.3 Å². The Bertz CT molecular complexity index is 171. The molecule has 0 aromatic rings. The molecule has 1 atom stereocenters. The van der Waals surface area contributed by atoms with E-state index in [1.165, 1.54) is 6.42 Å². The van der Waals surface area contributed by atoms with Crippen molar-refractivity contribution >= 4 is 0 Å². The first-order valence-corrected chi connectivity index (χ1v) is 6.43. The first-order valence-electron chi connectivity index (χ1n) is 6.43. The molecule has 1 unspecified atom stereocenters. The highest BCUT2D eigenvalue weighted by molar-refractivity contribution is 4.79. The van der Waals surface area contributed by atoms with E-state index in [2.05, 4.69) is 32.6 Å². The SMILES string of the molecule is CCCN(CC(C)(C)CN)C(CC)COC. The summed E-state index contributed by atoms with van der Waals surface area (Å²) in [6, 6.07) is 0.524. The van der Waals surface area contributed by atoms with Crippen LogP contribution in [0.3, 0.4) is 0 Å². The van der Waals surface area contributed by atoms with Gasteiger partial charge in [0.2, 0.25) is 0 Å². The molecule has 98 valence electrons. The van der Waals surface area contributed by atoms with E-state index in [0.717, 1.165) is 32.7 Å². The fourth-order valence-corrected chi connectivity index (χ4v) is 1.97. The highest BCUT2D eigenvalue weighted by atomic mass is 16.5. The molecule has 0 aromatic carbocycles. The van der Waals surface area contributed by atoms with Gasteiger partial charge in [-0.1, -0.05) is 27.7 Å². The summed E-state index contributed by atoms with van der Waals surface area (Å²) in [6.07, 6.45) is 2.31. The van der Waals surface area contributed by atoms with Gasteiger partial charge in [0, 0.05) is 19.7 Å². The lowest BCUT2D eigenvalue weighted by molar-refractivity contribution is 0.0630. The molecule has 0 fully saturated rings. The van der Waals surface area contributed by atoms with E-state index in [9.17, 15) is 0 Å². The Morgan fingerprint density at radius 1 is 1.31 bits per heavy atom. The first-order chi connectivity index (χ1) is 7.50. The van der Waals surface area contributed by atoms with Gasteiger partial charge in [-0.2, -0.15) is 0 Å². The fraction of sp³-hybridized carbons (Fsp3) is 1.00. The van der Waals surface area contributed by atoms with Crippen molar-refractivity contribution in [3.05, 3.63) is 0 Å². The van der Waals surface area contributed by atoms with Crippen LogP contribution in [0, 0.1) is 5.41 Å². The standard InChI is InChI=1S/C13H30N2O/c1-6-8-15(11-13(3,4)10-14)12(7-2)9-16-5/h12H,6-11,14H2,1-5H3. The van der Waals surface area contributed by atoms with E-state index >= 15 is 0 Å². The molecule has 16 heavy (non-hydrogen) atoms. The largest absolute Gasteiger partial charge is 0.383 e. The minimum absolute atomic E-state index is 0.191. The second-order valence-corrected chi connectivity index (χ2v) is 5.36. The summed E-state index contributed by atoms with van der Waals surface area (Å²) < 4.78 is 5.30. The van der Waals surface area contributed by atoms with Crippen molar-refractivity contribution < 1.29 is 4.74 Å². The Morgan fingerprint density at radius 3 is 2.31 bits per heavy atom. The first kappa shape index (κ1) is 15.9. The maximum absolute atomic E-state index is 5.81. The molecule has 0 spiro atoms. The Balaban J connectivity index is 4.44. The van der Waals surface area contributed by atoms with Gasteiger partial charge in [0.05, 0.1) is 6.61 Å². The van der Waals surface area contributed by atoms with Gasteiger partial charge in [-0.3, -0.25) is 4.90 Å². The molecule has 0 aliphatic rings. The lowest BCUT2D eigenvalue weighted by Crippen LogP contribution is -2.46. The van der Waals surface area contributed by atoms with E-state index in [0.29, 0.717) is 6.04 Å². The molecule has 2 N–H and O–H groups in total. The van der Waals surface area contributed by atoms with Crippen molar-refractivity contribution in [3.63, 3.8) is 0 Å². The van der Waals surface area contributed by atoms with Crippen LogP contribution in [0.25, 0.3) is 0 Å². The van der Waals surface area contributed by atoms with Crippen LogP contribution in [-0.4, -0.2) is 44.3 Å². The number of hydrogen-bond donors (Lipinski definition) is 1. The number of methoxy groups -OCH3 is 1. The quantitative estimate of drug-likeness (QED) is 0.659. The number of nitrogens with zero attached hydrogens (tertiary/aromatic N) is 1. The normalized spacial score (nSPS) is 14.4. The molecule has 0 bridgehead atoms. The second kappa shape index (κ2) is 8.04. The zero-order valence-electron chi connectivity index (χ0n) is 11.8. The Kier molecular flexibility index (Phi) is 7.98. The lowest BCUT2D eigenvalue weighted by atomic mass is 9.92. The third-order valence-corrected chi connectivity index (χ3v) is 3.04. The summed E-state index contributed by atoms with van der Waals surface area (Å²) >= 11 is 0. The third-order valence-electron chi connectivity index (χ3n) is 3.04. The van der Waals surface area contributed by atoms with Gasteiger partial charge in [0.15, 0.2) is 0 Å². The van der Waals surface area contributed by atoms with Crippen molar-refractivity contribution in [2.45, 2.75) is 46.6 Å². The predicted octanol–water partition coefficient (Wildman–Crippen LogP) is 2.11. The number of hydrogen-bond acceptors (Lipinski definition) is 3. The molecular weight excluding hydrogens is 200 g/mol. The summed E-state index contributed by atoms with van der Waals surface area (Å²) in [7, 11) is 1.78. The maximum Gasteiger partial charge on any atom is 0.0617 e. The van der Waals surface area contributed by atoms with E-state index in [-0.39, 0.29) is 5.41 Å². The second-order valence-electron chi connectivity index (χ2n) is 5.36. The summed E-state index contributed by atoms with van der Waals surface area (Å²) in [5, 5.41) is 0. The van der Waals surface area contributed by atoms with Crippen molar-refractivity contribution in [2.75, 3.05) is 33.4 Å². The Labute approximate surface area is 101 Å². The monoisotopic (exact) mass is 230 g/mol. The minimum atomic E-state index is 0.191. The average Bonchev–Trinajstić information content (AvgIpc) is 2.25. The zero-order valence-corrected chi connectivity index (χ0v) is 11.8. The third kappa shape index (κ3) is 5.83. The summed E-state index contributed by atoms with van der Waals surface area (Å²) in [4.78, 5) is 2.52. The number of nitrogens with two attached hydrogens (primary N) is 1. The molecular formula is C13H30N2O. The minimum Gasteiger partial charge on any atom is -0.383 e. The molecule has 0 aromatic heterocycles. The van der Waals surface area contributed by atoms with Crippen LogP contribution < -0.4 is 5.73 Å². The van der Waals surface area contributed by atoms with Crippen molar-refractivity contribution in [2.24, 2.45) is 11.1 Å². The van der Waals surface area contributed by atoms with Crippen LogP contribution in [-0.2, 0) is 4.74 Å². The summed E-state index contributed by atoms with van der Waals surface area (Å²) in [5.41, 5.74) is 6.00. The fourth-order valence-electron chi connectivity index (χ4n) is 1.97. The molecule has 0 heterocycles. The average molecular weight is 230 g/mol. The molecule has 0 radical (unpaired) electrons. The highest BCUT2D eigenvalue weighted by Gasteiger charge is 2.24. The van der Waals surface area contributed by atoms with Crippen molar-refractivity contribution in [1.82, 2.24) is 4.90 Å². The smallest absolute Gasteiger partial charge is 0.0617 e. The van der Waals surface area contributed by atoms with Crippen LogP contribution in [0.15, 0.2) is 0 Å². The van der Waals surface area contributed by atoms with Gasteiger partial charge in [0.1, 0.15) is 0 Å². The van der Waals surface area contributed by atoms with Crippen molar-refractivity contribution in [1.29, 1.82) is 0 Å². The van der Waals surface area contributed by atoms with E-state index in [1.54, 1.807) is 7.11 Å². The molecule has 0 aliphatic carbocycles. The predicted molar refractivity (Wildman–Crippen MR) is 70.7 cm³/mol. The topological polar surface area (TPSA) is 38.5 Å². The maximum atomic E-state index is 5.81. The van der Waals surface area contributed by atoms with Crippen LogP contribution in [0.2, 0.25) is 0 Å². The van der Waals surface area contributed by atoms with Gasteiger partial charge in [0.25, 0.3) is 0 Å². The van der Waals surface area contributed by atoms with E-state index < -0.39 is 0 Å². The molecule has 0 amide bonds. The van der Waals surface area contributed by atoms with Gasteiger partial charge in [-0.25, -0.2) is 0 Å². The summed E-state index contributed by atoms with van der Waals surface area (Å²) in [6.45, 7) is 12.6. The van der Waals surface area contributed by atoms with Crippen LogP contribution in [0.4, 0.5) is 0 Å². The Hall–Kier alpha value is -0.120. The highest BCUT2D eigenvalue weighted by Crippen LogP contribution is 2.18. The molecule has 0 aliphatic heterocycles. The van der Waals surface area contributed by atoms with Crippen LogP contribution >= 0.6 is 0 Å². The molecule has 3 nitrogen and oxygen atoms in total. The molecule has 0 rings (SSSR count). The van der Waals surface area contributed by atoms with Crippen molar-refractivity contribution in [3.8, 4) is 0 Å². The van der Waals surface area contributed by atoms with Gasteiger partial charge >= 0.3 is 0 Å². The molecule has 0 saturated carbocycles. The molecule has 3 heteroatoms. The lowest BCUT2D eigenvalue weighted by Gasteiger charge is -2.36. The van der Waals surface area contributed by atoms with E-state index in [4.69, 9.17) is 10.5 Å². The van der Waals surface area contributed by atoms with Gasteiger partial charge in [-0.15, -0.1) is 0 Å². The number of ether oxygens (including phenoxy) is 1. The van der Waals surface area contributed by atoms with Crippen LogP contribution in [0.5, 0.6) is 0 Å². The molecule has 0 saturated heterocycles. The van der Waals surface area contributed by atoms with E-state index in [1.807, 2.05) is 0 Å². The summed E-state index contributed by atoms with van der Waals surface area (Å²) in [5.74, 6) is 0. The van der Waals surface area contributed by atoms with Gasteiger partial charge < -0.3 is 10.5 Å². The zero-order chi connectivity index (χ0) is 12.6.